The number of nitrogens with zero attached hydrogens (tertiary/aromatic N) is 1. The summed E-state index contributed by atoms with van der Waals surface area (Å²) in [6.07, 6.45) is 3.70. The minimum atomic E-state index is -0.833. The van der Waals surface area contributed by atoms with E-state index in [2.05, 4.69) is 4.74 Å². The topological polar surface area (TPSA) is 65.1 Å². The minimum Gasteiger partial charge on any atom is -0.497 e. The third kappa shape index (κ3) is 2.98. The van der Waals surface area contributed by atoms with Gasteiger partial charge in [0.1, 0.15) is 17.6 Å². The Morgan fingerprint density at radius 1 is 1.22 bits per heavy atom. The van der Waals surface area contributed by atoms with Crippen molar-refractivity contribution in [2.24, 2.45) is 0 Å². The maximum absolute atomic E-state index is 12.5. The van der Waals surface area contributed by atoms with Crippen LogP contribution >= 0.6 is 0 Å². The predicted molar refractivity (Wildman–Crippen MR) is 82.2 cm³/mol. The second-order valence-corrected chi connectivity index (χ2v) is 5.91. The van der Waals surface area contributed by atoms with Crippen LogP contribution in [0.5, 0.6) is 11.5 Å². The normalized spacial score (nSPS) is 23.0. The SMILES string of the molecule is COC(=O)C(=O)N1Cc2cc(OC)ccc2OC2CCCCC21. The van der Waals surface area contributed by atoms with Crippen molar-refractivity contribution < 1.29 is 23.8 Å². The summed E-state index contributed by atoms with van der Waals surface area (Å²) >= 11 is 0. The van der Waals surface area contributed by atoms with Gasteiger partial charge in [0, 0.05) is 5.56 Å². The van der Waals surface area contributed by atoms with Gasteiger partial charge in [-0.25, -0.2) is 4.79 Å². The van der Waals surface area contributed by atoms with E-state index in [1.807, 2.05) is 18.2 Å². The van der Waals surface area contributed by atoms with E-state index in [4.69, 9.17) is 9.47 Å². The molecule has 1 aliphatic carbocycles. The van der Waals surface area contributed by atoms with Gasteiger partial charge in [0.2, 0.25) is 0 Å². The van der Waals surface area contributed by atoms with Gasteiger partial charge in [0.25, 0.3) is 0 Å². The summed E-state index contributed by atoms with van der Waals surface area (Å²) in [5, 5.41) is 0. The van der Waals surface area contributed by atoms with Crippen LogP contribution in [0.25, 0.3) is 0 Å². The maximum atomic E-state index is 12.5. The van der Waals surface area contributed by atoms with Crippen LogP contribution in [-0.4, -0.2) is 43.1 Å². The summed E-state index contributed by atoms with van der Waals surface area (Å²) in [6.45, 7) is 0.321. The Morgan fingerprint density at radius 2 is 2.00 bits per heavy atom. The molecule has 3 rings (SSSR count). The second-order valence-electron chi connectivity index (χ2n) is 5.91. The lowest BCUT2D eigenvalue weighted by atomic mass is 9.91. The van der Waals surface area contributed by atoms with Crippen molar-refractivity contribution in [3.63, 3.8) is 0 Å². The second kappa shape index (κ2) is 6.48. The molecular weight excluding hydrogens is 298 g/mol. The van der Waals surface area contributed by atoms with Crippen LogP contribution in [0.1, 0.15) is 31.2 Å². The predicted octanol–water partition coefficient (Wildman–Crippen LogP) is 1.90. The molecule has 1 aromatic carbocycles. The lowest BCUT2D eigenvalue weighted by molar-refractivity contribution is -0.161. The third-order valence-electron chi connectivity index (χ3n) is 4.58. The number of benzene rings is 1. The zero-order valence-electron chi connectivity index (χ0n) is 13.4. The maximum Gasteiger partial charge on any atom is 0.396 e. The highest BCUT2D eigenvalue weighted by Gasteiger charge is 2.39. The molecule has 0 radical (unpaired) electrons. The van der Waals surface area contributed by atoms with E-state index in [0.717, 1.165) is 37.0 Å². The Bertz CT molecular complexity index is 615. The number of hydrogen-bond acceptors (Lipinski definition) is 5. The van der Waals surface area contributed by atoms with Crippen LogP contribution in [0.15, 0.2) is 18.2 Å². The van der Waals surface area contributed by atoms with Gasteiger partial charge in [-0.3, -0.25) is 4.79 Å². The van der Waals surface area contributed by atoms with Crippen molar-refractivity contribution in [2.45, 2.75) is 44.4 Å². The highest BCUT2D eigenvalue weighted by atomic mass is 16.5. The molecular formula is C17H21NO5. The van der Waals surface area contributed by atoms with E-state index in [1.54, 1.807) is 12.0 Å². The van der Waals surface area contributed by atoms with Gasteiger partial charge < -0.3 is 19.1 Å². The smallest absolute Gasteiger partial charge is 0.396 e. The standard InChI is InChI=1S/C17H21NO5/c1-21-12-7-8-14-11(9-12)10-18(16(19)17(20)22-2)13-5-3-4-6-15(13)23-14/h7-9,13,15H,3-6,10H2,1-2H3. The Balaban J connectivity index is 1.98. The van der Waals surface area contributed by atoms with Crippen LogP contribution in [0.2, 0.25) is 0 Å². The number of carbonyl (C=O) groups is 2. The van der Waals surface area contributed by atoms with Crippen molar-refractivity contribution in [1.29, 1.82) is 0 Å². The van der Waals surface area contributed by atoms with Crippen LogP contribution in [0.3, 0.4) is 0 Å². The minimum absolute atomic E-state index is 0.0907. The lowest BCUT2D eigenvalue weighted by Gasteiger charge is -2.36. The molecule has 2 aliphatic rings. The van der Waals surface area contributed by atoms with E-state index in [-0.39, 0.29) is 12.1 Å². The fraction of sp³-hybridized carbons (Fsp3) is 0.529. The van der Waals surface area contributed by atoms with E-state index in [1.165, 1.54) is 7.11 Å². The molecule has 2 atom stereocenters. The van der Waals surface area contributed by atoms with Crippen LogP contribution in [0.4, 0.5) is 0 Å². The third-order valence-corrected chi connectivity index (χ3v) is 4.58. The van der Waals surface area contributed by atoms with E-state index in [0.29, 0.717) is 12.3 Å². The zero-order valence-corrected chi connectivity index (χ0v) is 13.4. The van der Waals surface area contributed by atoms with E-state index < -0.39 is 11.9 Å². The molecule has 1 amide bonds. The molecule has 124 valence electrons. The van der Waals surface area contributed by atoms with Gasteiger partial charge in [-0.1, -0.05) is 6.42 Å². The largest absolute Gasteiger partial charge is 0.497 e. The highest BCUT2D eigenvalue weighted by molar-refractivity contribution is 6.32. The average Bonchev–Trinajstić information content (AvgIpc) is 2.76. The summed E-state index contributed by atoms with van der Waals surface area (Å²) in [6, 6.07) is 5.46. The van der Waals surface area contributed by atoms with Crippen molar-refractivity contribution in [3.8, 4) is 11.5 Å². The monoisotopic (exact) mass is 319 g/mol. The molecule has 0 bridgehead atoms. The molecule has 0 spiro atoms. The highest BCUT2D eigenvalue weighted by Crippen LogP contribution is 2.36. The molecule has 2 unspecified atom stereocenters. The van der Waals surface area contributed by atoms with E-state index >= 15 is 0 Å². The number of carbonyl (C=O) groups excluding carboxylic acids is 2. The lowest BCUT2D eigenvalue weighted by Crippen LogP contribution is -2.50. The molecule has 6 nitrogen and oxygen atoms in total. The van der Waals surface area contributed by atoms with Gasteiger partial charge in [-0.15, -0.1) is 0 Å². The van der Waals surface area contributed by atoms with Gasteiger partial charge >= 0.3 is 11.9 Å². The van der Waals surface area contributed by atoms with Gasteiger partial charge in [-0.05, 0) is 37.5 Å². The number of amides is 1. The average molecular weight is 319 g/mol. The first kappa shape index (κ1) is 15.6. The summed E-state index contributed by atoms with van der Waals surface area (Å²) in [5.74, 6) is 0.00916. The van der Waals surface area contributed by atoms with Crippen molar-refractivity contribution in [1.82, 2.24) is 4.90 Å². The van der Waals surface area contributed by atoms with Gasteiger partial charge in [0.05, 0.1) is 26.8 Å². The van der Waals surface area contributed by atoms with Crippen LogP contribution < -0.4 is 9.47 Å². The number of methoxy groups -OCH3 is 2. The molecule has 1 aromatic rings. The Labute approximate surface area is 135 Å². The summed E-state index contributed by atoms with van der Waals surface area (Å²) in [7, 11) is 2.82. The molecule has 6 heteroatoms. The fourth-order valence-corrected chi connectivity index (χ4v) is 3.38. The van der Waals surface area contributed by atoms with Crippen molar-refractivity contribution in [3.05, 3.63) is 23.8 Å². The molecule has 1 fully saturated rings. The quantitative estimate of drug-likeness (QED) is 0.584. The summed E-state index contributed by atoms with van der Waals surface area (Å²) in [4.78, 5) is 25.8. The molecule has 23 heavy (non-hydrogen) atoms. The number of hydrogen-bond donors (Lipinski definition) is 0. The Morgan fingerprint density at radius 3 is 2.74 bits per heavy atom. The van der Waals surface area contributed by atoms with E-state index in [9.17, 15) is 9.59 Å². The molecule has 0 saturated heterocycles. The zero-order chi connectivity index (χ0) is 16.4. The Kier molecular flexibility index (Phi) is 4.41. The van der Waals surface area contributed by atoms with Gasteiger partial charge in [0.15, 0.2) is 0 Å². The van der Waals surface area contributed by atoms with Crippen molar-refractivity contribution >= 4 is 11.9 Å². The molecule has 0 aromatic heterocycles. The molecule has 1 saturated carbocycles. The summed E-state index contributed by atoms with van der Waals surface area (Å²) in [5.41, 5.74) is 0.844. The first-order valence-corrected chi connectivity index (χ1v) is 7.86. The number of rotatable bonds is 1. The van der Waals surface area contributed by atoms with Crippen LogP contribution in [-0.2, 0) is 20.9 Å². The number of esters is 1. The number of fused-ring (bicyclic) bond motifs is 2. The Hall–Kier alpha value is -2.24. The van der Waals surface area contributed by atoms with Crippen LogP contribution in [0, 0.1) is 0 Å². The number of ether oxygens (including phenoxy) is 3. The summed E-state index contributed by atoms with van der Waals surface area (Å²) < 4.78 is 16.0. The molecule has 1 heterocycles. The van der Waals surface area contributed by atoms with Crippen molar-refractivity contribution in [2.75, 3.05) is 14.2 Å². The first-order chi connectivity index (χ1) is 11.1. The molecule has 1 aliphatic heterocycles. The van der Waals surface area contributed by atoms with Gasteiger partial charge in [-0.2, -0.15) is 0 Å². The molecule has 0 N–H and O–H groups in total. The fourth-order valence-electron chi connectivity index (χ4n) is 3.38. The first-order valence-electron chi connectivity index (χ1n) is 7.86.